The zero-order chi connectivity index (χ0) is 30.8. The quantitative estimate of drug-likeness (QED) is 0.219. The van der Waals surface area contributed by atoms with E-state index in [2.05, 4.69) is 5.32 Å². The van der Waals surface area contributed by atoms with Gasteiger partial charge < -0.3 is 10.2 Å². The number of aryl methyl sites for hydroxylation is 1. The molecule has 0 aliphatic heterocycles. The molecule has 2 amide bonds. The van der Waals surface area contributed by atoms with Gasteiger partial charge in [0.15, 0.2) is 0 Å². The van der Waals surface area contributed by atoms with Crippen molar-refractivity contribution >= 4 is 33.4 Å². The van der Waals surface area contributed by atoms with Gasteiger partial charge in [-0.05, 0) is 41.3 Å². The van der Waals surface area contributed by atoms with Crippen molar-refractivity contribution in [2.24, 2.45) is 0 Å². The summed E-state index contributed by atoms with van der Waals surface area (Å²) >= 11 is 6.12. The summed E-state index contributed by atoms with van der Waals surface area (Å²) in [4.78, 5) is 29.5. The highest BCUT2D eigenvalue weighted by Crippen LogP contribution is 2.19. The number of benzene rings is 4. The zero-order valence-electron chi connectivity index (χ0n) is 24.3. The minimum absolute atomic E-state index is 0.0309. The molecular formula is C34H36ClN3O4S. The molecule has 0 aromatic heterocycles. The van der Waals surface area contributed by atoms with Crippen LogP contribution in [-0.2, 0) is 45.7 Å². The maximum absolute atomic E-state index is 14.1. The minimum atomic E-state index is -3.76. The number of carbonyl (C=O) groups is 2. The lowest BCUT2D eigenvalue weighted by molar-refractivity contribution is -0.141. The van der Waals surface area contributed by atoms with E-state index in [0.717, 1.165) is 38.4 Å². The van der Waals surface area contributed by atoms with E-state index in [1.165, 1.54) is 4.90 Å². The van der Waals surface area contributed by atoms with E-state index in [0.29, 0.717) is 5.02 Å². The Labute approximate surface area is 259 Å². The third kappa shape index (κ3) is 9.78. The molecular weight excluding hydrogens is 582 g/mol. The van der Waals surface area contributed by atoms with Gasteiger partial charge >= 0.3 is 0 Å². The molecule has 4 aromatic rings. The Balaban J connectivity index is 1.67. The van der Waals surface area contributed by atoms with Crippen molar-refractivity contribution in [1.29, 1.82) is 0 Å². The van der Waals surface area contributed by atoms with Crippen molar-refractivity contribution in [3.8, 4) is 0 Å². The molecule has 0 saturated carbocycles. The first-order chi connectivity index (χ1) is 20.6. The molecule has 0 aliphatic carbocycles. The number of nitrogens with one attached hydrogen (secondary N) is 1. The van der Waals surface area contributed by atoms with E-state index in [9.17, 15) is 18.0 Å². The highest BCUT2D eigenvalue weighted by Gasteiger charge is 2.33. The van der Waals surface area contributed by atoms with E-state index >= 15 is 0 Å². The fraction of sp³-hybridized carbons (Fsp3) is 0.235. The first-order valence-corrected chi connectivity index (χ1v) is 16.2. The molecule has 0 unspecified atom stereocenters. The maximum Gasteiger partial charge on any atom is 0.243 e. The van der Waals surface area contributed by atoms with Crippen molar-refractivity contribution in [2.45, 2.75) is 39.0 Å². The lowest BCUT2D eigenvalue weighted by atomic mass is 10.0. The van der Waals surface area contributed by atoms with Gasteiger partial charge in [0.05, 0.1) is 12.8 Å². The highest BCUT2D eigenvalue weighted by molar-refractivity contribution is 7.88. The number of halogens is 1. The molecule has 0 spiro atoms. The van der Waals surface area contributed by atoms with E-state index in [-0.39, 0.29) is 32.0 Å². The standard InChI is InChI=1S/C34H36ClN3O4S/c1-26-13-15-28(16-14-26)22-36-34(40)32(21-27-9-5-3-6-10-27)38(24-30-17-19-31(35)20-18-30)33(39)25-37(43(2,41)42)23-29-11-7-4-8-12-29/h3-20,32H,21-25H2,1-2H3,(H,36,40)/t32-/m1/s1. The molecule has 0 radical (unpaired) electrons. The van der Waals surface area contributed by atoms with Crippen molar-refractivity contribution in [3.63, 3.8) is 0 Å². The van der Waals surface area contributed by atoms with Gasteiger partial charge in [-0.1, -0.05) is 114 Å². The topological polar surface area (TPSA) is 86.8 Å². The molecule has 4 aromatic carbocycles. The van der Waals surface area contributed by atoms with Crippen LogP contribution in [0.2, 0.25) is 5.02 Å². The summed E-state index contributed by atoms with van der Waals surface area (Å²) in [5, 5.41) is 3.55. The molecule has 43 heavy (non-hydrogen) atoms. The average molecular weight is 618 g/mol. The molecule has 9 heteroatoms. The Bertz CT molecular complexity index is 1600. The number of carbonyl (C=O) groups excluding carboxylic acids is 2. The lowest BCUT2D eigenvalue weighted by Crippen LogP contribution is -2.53. The van der Waals surface area contributed by atoms with Crippen LogP contribution in [0.15, 0.2) is 109 Å². The molecule has 0 heterocycles. The minimum Gasteiger partial charge on any atom is -0.350 e. The fourth-order valence-electron chi connectivity index (χ4n) is 4.67. The highest BCUT2D eigenvalue weighted by atomic mass is 35.5. The molecule has 0 aliphatic rings. The van der Waals surface area contributed by atoms with E-state index in [1.807, 2.05) is 91.9 Å². The largest absolute Gasteiger partial charge is 0.350 e. The lowest BCUT2D eigenvalue weighted by Gasteiger charge is -2.33. The summed E-state index contributed by atoms with van der Waals surface area (Å²) in [6.07, 6.45) is 1.33. The van der Waals surface area contributed by atoms with Gasteiger partial charge in [0.1, 0.15) is 6.04 Å². The van der Waals surface area contributed by atoms with Crippen LogP contribution in [0.3, 0.4) is 0 Å². The van der Waals surface area contributed by atoms with Crippen molar-refractivity contribution < 1.29 is 18.0 Å². The number of rotatable bonds is 13. The molecule has 7 nitrogen and oxygen atoms in total. The van der Waals surface area contributed by atoms with Crippen LogP contribution in [0.5, 0.6) is 0 Å². The van der Waals surface area contributed by atoms with E-state index in [1.54, 1.807) is 24.3 Å². The SMILES string of the molecule is Cc1ccc(CNC(=O)[C@@H](Cc2ccccc2)N(Cc2ccc(Cl)cc2)C(=O)CN(Cc2ccccc2)S(C)(=O)=O)cc1. The summed E-state index contributed by atoms with van der Waals surface area (Å²) in [6.45, 7) is 1.99. The number of hydrogen-bond donors (Lipinski definition) is 1. The molecule has 1 N–H and O–H groups in total. The van der Waals surface area contributed by atoms with Gasteiger partial charge in [-0.25, -0.2) is 8.42 Å². The van der Waals surface area contributed by atoms with Gasteiger partial charge in [-0.3, -0.25) is 9.59 Å². The van der Waals surface area contributed by atoms with Crippen LogP contribution in [0.25, 0.3) is 0 Å². The van der Waals surface area contributed by atoms with Gasteiger partial charge in [0.25, 0.3) is 0 Å². The zero-order valence-corrected chi connectivity index (χ0v) is 25.9. The number of nitrogens with zero attached hydrogens (tertiary/aromatic N) is 2. The second kappa shape index (κ2) is 15.0. The molecule has 1 atom stereocenters. The summed E-state index contributed by atoms with van der Waals surface area (Å²) < 4.78 is 26.8. The third-order valence-corrected chi connectivity index (χ3v) is 8.56. The van der Waals surface area contributed by atoms with E-state index < -0.39 is 28.5 Å². The summed E-state index contributed by atoms with van der Waals surface area (Å²) in [6, 6.07) is 32.6. The van der Waals surface area contributed by atoms with E-state index in [4.69, 9.17) is 11.6 Å². The Kier molecular flexibility index (Phi) is 11.1. The van der Waals surface area contributed by atoms with Gasteiger partial charge in [0.2, 0.25) is 21.8 Å². The van der Waals surface area contributed by atoms with Gasteiger partial charge in [0, 0.05) is 31.1 Å². The molecule has 0 bridgehead atoms. The monoisotopic (exact) mass is 617 g/mol. The molecule has 224 valence electrons. The first kappa shape index (κ1) is 31.9. The first-order valence-electron chi connectivity index (χ1n) is 14.0. The van der Waals surface area contributed by atoms with Crippen LogP contribution in [0, 0.1) is 6.92 Å². The summed E-state index contributed by atoms with van der Waals surface area (Å²) in [5.41, 5.74) is 4.43. The van der Waals surface area contributed by atoms with Crippen LogP contribution in [0.1, 0.15) is 27.8 Å². The van der Waals surface area contributed by atoms with Crippen LogP contribution < -0.4 is 5.32 Å². The Morgan fingerprint density at radius 2 is 1.28 bits per heavy atom. The van der Waals surface area contributed by atoms with Crippen LogP contribution >= 0.6 is 11.6 Å². The van der Waals surface area contributed by atoms with Crippen LogP contribution in [-0.4, -0.2) is 48.3 Å². The van der Waals surface area contributed by atoms with Gasteiger partial charge in [-0.2, -0.15) is 4.31 Å². The Hall–Kier alpha value is -3.98. The Morgan fingerprint density at radius 3 is 1.86 bits per heavy atom. The molecule has 0 fully saturated rings. The smallest absolute Gasteiger partial charge is 0.243 e. The molecule has 4 rings (SSSR count). The molecule has 0 saturated heterocycles. The predicted molar refractivity (Wildman–Crippen MR) is 171 cm³/mol. The predicted octanol–water partition coefficient (Wildman–Crippen LogP) is 5.37. The summed E-state index contributed by atoms with van der Waals surface area (Å²) in [5.74, 6) is -0.816. The van der Waals surface area contributed by atoms with Crippen molar-refractivity contribution in [3.05, 3.63) is 142 Å². The van der Waals surface area contributed by atoms with Crippen molar-refractivity contribution in [2.75, 3.05) is 12.8 Å². The normalized spacial score (nSPS) is 12.1. The Morgan fingerprint density at radius 1 is 0.744 bits per heavy atom. The number of hydrogen-bond acceptors (Lipinski definition) is 4. The summed E-state index contributed by atoms with van der Waals surface area (Å²) in [7, 11) is -3.76. The van der Waals surface area contributed by atoms with Gasteiger partial charge in [-0.15, -0.1) is 0 Å². The maximum atomic E-state index is 14.1. The second-order valence-electron chi connectivity index (χ2n) is 10.6. The number of amides is 2. The van der Waals surface area contributed by atoms with Crippen LogP contribution in [0.4, 0.5) is 0 Å². The third-order valence-electron chi connectivity index (χ3n) is 7.11. The average Bonchev–Trinajstić information content (AvgIpc) is 2.99. The fourth-order valence-corrected chi connectivity index (χ4v) is 5.53. The van der Waals surface area contributed by atoms with Crippen molar-refractivity contribution in [1.82, 2.24) is 14.5 Å². The second-order valence-corrected chi connectivity index (χ2v) is 13.0. The number of sulfonamides is 1.